The molecule has 0 bridgehead atoms. The van der Waals surface area contributed by atoms with Crippen LogP contribution in [0.15, 0.2) is 12.1 Å². The zero-order valence-corrected chi connectivity index (χ0v) is 9.46. The Morgan fingerprint density at radius 2 is 1.61 bits per heavy atom. The van der Waals surface area contributed by atoms with E-state index in [0.717, 1.165) is 12.1 Å². The molecule has 1 unspecified atom stereocenters. The molecule has 1 aromatic rings. The Labute approximate surface area is 103 Å². The van der Waals surface area contributed by atoms with E-state index in [4.69, 9.17) is 16.6 Å². The van der Waals surface area contributed by atoms with Gasteiger partial charge in [0, 0.05) is 17.5 Å². The first-order valence-corrected chi connectivity index (χ1v) is 5.11. The summed E-state index contributed by atoms with van der Waals surface area (Å²) in [5, 5.41) is 27.5. The van der Waals surface area contributed by atoms with Crippen molar-refractivity contribution < 1.29 is 24.9 Å². The minimum atomic E-state index is -1.16. The van der Waals surface area contributed by atoms with Crippen molar-refractivity contribution in [2.75, 3.05) is 6.61 Å². The van der Waals surface area contributed by atoms with Gasteiger partial charge >= 0.3 is 0 Å². The predicted molar refractivity (Wildman–Crippen MR) is 61.9 cm³/mol. The van der Waals surface area contributed by atoms with Gasteiger partial charge in [-0.1, -0.05) is 0 Å². The van der Waals surface area contributed by atoms with Crippen LogP contribution < -0.4 is 11.5 Å². The lowest BCUT2D eigenvalue weighted by Crippen LogP contribution is -2.24. The highest BCUT2D eigenvalue weighted by molar-refractivity contribution is 6.01. The van der Waals surface area contributed by atoms with Gasteiger partial charge in [0.05, 0.1) is 12.7 Å². The fraction of sp³-hybridized carbons (Fsp3) is 0.273. The number of aromatic hydroxyl groups is 1. The van der Waals surface area contributed by atoms with Crippen molar-refractivity contribution in [3.63, 3.8) is 0 Å². The summed E-state index contributed by atoms with van der Waals surface area (Å²) in [4.78, 5) is 22.5. The standard InChI is InChI=1S/C11H14N2O5/c12-10(17)8-1-5(15)2-9(11(13)18)7(8)3-6(16)4-14/h1-2,6,14-16H,3-4H2,(H2,12,17)(H2,13,18). The molecule has 0 fully saturated rings. The van der Waals surface area contributed by atoms with Gasteiger partial charge in [0.25, 0.3) is 0 Å². The van der Waals surface area contributed by atoms with Crippen LogP contribution in [0.4, 0.5) is 0 Å². The molecule has 0 aliphatic heterocycles. The summed E-state index contributed by atoms with van der Waals surface area (Å²) in [7, 11) is 0. The average Bonchev–Trinajstić information content (AvgIpc) is 2.29. The highest BCUT2D eigenvalue weighted by Gasteiger charge is 2.20. The molecule has 18 heavy (non-hydrogen) atoms. The van der Waals surface area contributed by atoms with Gasteiger partial charge in [-0.3, -0.25) is 9.59 Å². The molecule has 7 nitrogen and oxygen atoms in total. The zero-order chi connectivity index (χ0) is 13.9. The summed E-state index contributed by atoms with van der Waals surface area (Å²) < 4.78 is 0. The molecule has 0 saturated carbocycles. The highest BCUT2D eigenvalue weighted by atomic mass is 16.3. The Hall–Kier alpha value is -2.12. The number of phenolic OH excluding ortho intramolecular Hbond substituents is 1. The summed E-state index contributed by atoms with van der Waals surface area (Å²) >= 11 is 0. The second-order valence-electron chi connectivity index (χ2n) is 3.79. The smallest absolute Gasteiger partial charge is 0.249 e. The van der Waals surface area contributed by atoms with Crippen LogP contribution in [-0.4, -0.2) is 39.8 Å². The summed E-state index contributed by atoms with van der Waals surface area (Å²) in [6.07, 6.45) is -1.33. The Morgan fingerprint density at radius 1 is 1.17 bits per heavy atom. The number of phenols is 1. The van der Waals surface area contributed by atoms with Gasteiger partial charge in [-0.05, 0) is 17.7 Å². The summed E-state index contributed by atoms with van der Waals surface area (Å²) in [5.74, 6) is -2.07. The highest BCUT2D eigenvalue weighted by Crippen LogP contribution is 2.23. The third kappa shape index (κ3) is 2.96. The van der Waals surface area contributed by atoms with E-state index in [2.05, 4.69) is 0 Å². The molecule has 0 aromatic heterocycles. The van der Waals surface area contributed by atoms with Crippen LogP contribution >= 0.6 is 0 Å². The van der Waals surface area contributed by atoms with Crippen molar-refractivity contribution in [1.82, 2.24) is 0 Å². The third-order valence-corrected chi connectivity index (χ3v) is 2.42. The van der Waals surface area contributed by atoms with E-state index >= 15 is 0 Å². The maximum absolute atomic E-state index is 11.2. The molecular weight excluding hydrogens is 240 g/mol. The van der Waals surface area contributed by atoms with Gasteiger partial charge in [-0.25, -0.2) is 0 Å². The molecule has 0 heterocycles. The largest absolute Gasteiger partial charge is 0.508 e. The van der Waals surface area contributed by atoms with Crippen molar-refractivity contribution in [3.05, 3.63) is 28.8 Å². The minimum absolute atomic E-state index is 0.106. The van der Waals surface area contributed by atoms with Crippen molar-refractivity contribution in [3.8, 4) is 5.75 Å². The molecule has 0 aliphatic carbocycles. The van der Waals surface area contributed by atoms with Gasteiger partial charge in [0.15, 0.2) is 0 Å². The molecule has 0 aliphatic rings. The summed E-state index contributed by atoms with van der Waals surface area (Å²) in [5.41, 5.74) is 10.1. The van der Waals surface area contributed by atoms with E-state index in [1.54, 1.807) is 0 Å². The number of rotatable bonds is 5. The average molecular weight is 254 g/mol. The molecule has 0 spiro atoms. The van der Waals surface area contributed by atoms with E-state index in [9.17, 15) is 19.8 Å². The van der Waals surface area contributed by atoms with Crippen molar-refractivity contribution in [2.24, 2.45) is 11.5 Å². The normalized spacial score (nSPS) is 12.1. The second-order valence-corrected chi connectivity index (χ2v) is 3.79. The Balaban J connectivity index is 3.40. The first-order valence-electron chi connectivity index (χ1n) is 5.11. The zero-order valence-electron chi connectivity index (χ0n) is 9.46. The maximum Gasteiger partial charge on any atom is 0.249 e. The molecule has 1 atom stereocenters. The number of hydrogen-bond donors (Lipinski definition) is 5. The second kappa shape index (κ2) is 5.48. The van der Waals surface area contributed by atoms with E-state index in [-0.39, 0.29) is 28.9 Å². The first-order chi connectivity index (χ1) is 8.36. The maximum atomic E-state index is 11.2. The van der Waals surface area contributed by atoms with Gasteiger partial charge in [0.2, 0.25) is 11.8 Å². The summed E-state index contributed by atoms with van der Waals surface area (Å²) in [6, 6.07) is 2.16. The number of aliphatic hydroxyl groups excluding tert-OH is 2. The molecule has 7 N–H and O–H groups in total. The van der Waals surface area contributed by atoms with Gasteiger partial charge < -0.3 is 26.8 Å². The van der Waals surface area contributed by atoms with Gasteiger partial charge in [-0.2, -0.15) is 0 Å². The lowest BCUT2D eigenvalue weighted by Gasteiger charge is -2.14. The molecule has 1 aromatic carbocycles. The van der Waals surface area contributed by atoms with Crippen molar-refractivity contribution in [2.45, 2.75) is 12.5 Å². The minimum Gasteiger partial charge on any atom is -0.508 e. The molecule has 0 saturated heterocycles. The van der Waals surface area contributed by atoms with Crippen LogP contribution in [0, 0.1) is 0 Å². The molecule has 1 rings (SSSR count). The fourth-order valence-corrected chi connectivity index (χ4v) is 1.62. The Kier molecular flexibility index (Phi) is 4.24. The van der Waals surface area contributed by atoms with Gasteiger partial charge in [-0.15, -0.1) is 0 Å². The van der Waals surface area contributed by atoms with E-state index in [1.165, 1.54) is 0 Å². The summed E-state index contributed by atoms with van der Waals surface area (Å²) in [6.45, 7) is -0.544. The SMILES string of the molecule is NC(=O)c1cc(O)cc(C(N)=O)c1CC(O)CO. The first kappa shape index (κ1) is 13.9. The van der Waals surface area contributed by atoms with Crippen molar-refractivity contribution in [1.29, 1.82) is 0 Å². The molecule has 7 heteroatoms. The van der Waals surface area contributed by atoms with Crippen LogP contribution in [0.2, 0.25) is 0 Å². The number of amides is 2. The van der Waals surface area contributed by atoms with Crippen LogP contribution in [0.5, 0.6) is 5.75 Å². The van der Waals surface area contributed by atoms with E-state index in [1.807, 2.05) is 0 Å². The fourth-order valence-electron chi connectivity index (χ4n) is 1.62. The number of benzene rings is 1. The number of primary amides is 2. The van der Waals surface area contributed by atoms with Crippen LogP contribution in [0.1, 0.15) is 26.3 Å². The lowest BCUT2D eigenvalue weighted by atomic mass is 9.94. The van der Waals surface area contributed by atoms with Crippen LogP contribution in [-0.2, 0) is 6.42 Å². The van der Waals surface area contributed by atoms with Crippen LogP contribution in [0.25, 0.3) is 0 Å². The predicted octanol–water partition coefficient (Wildman–Crippen LogP) is -1.51. The molecule has 2 amide bonds. The Bertz CT molecular complexity index is 451. The quantitative estimate of drug-likeness (QED) is 0.433. The van der Waals surface area contributed by atoms with Crippen LogP contribution in [0.3, 0.4) is 0 Å². The number of nitrogens with two attached hydrogens (primary N) is 2. The number of carbonyl (C=O) groups excluding carboxylic acids is 2. The van der Waals surface area contributed by atoms with E-state index in [0.29, 0.717) is 0 Å². The molecule has 98 valence electrons. The van der Waals surface area contributed by atoms with Gasteiger partial charge in [0.1, 0.15) is 5.75 Å². The lowest BCUT2D eigenvalue weighted by molar-refractivity contribution is 0.0929. The van der Waals surface area contributed by atoms with Crippen molar-refractivity contribution >= 4 is 11.8 Å². The molecular formula is C11H14N2O5. The van der Waals surface area contributed by atoms with E-state index < -0.39 is 24.5 Å². The monoisotopic (exact) mass is 254 g/mol. The number of hydrogen-bond acceptors (Lipinski definition) is 5. The Morgan fingerprint density at radius 3 is 1.94 bits per heavy atom. The third-order valence-electron chi connectivity index (χ3n) is 2.42. The molecule has 0 radical (unpaired) electrons. The number of aliphatic hydroxyl groups is 2. The number of carbonyl (C=O) groups is 2. The topological polar surface area (TPSA) is 147 Å².